The second-order valence-corrected chi connectivity index (χ2v) is 8.85. The Morgan fingerprint density at radius 2 is 1.88 bits per heavy atom. The van der Waals surface area contributed by atoms with Gasteiger partial charge in [-0.2, -0.15) is 22.0 Å². The van der Waals surface area contributed by atoms with Crippen LogP contribution in [-0.4, -0.2) is 91.1 Å². The minimum absolute atomic E-state index is 0.0724. The van der Waals surface area contributed by atoms with Crippen LogP contribution in [-0.2, 0) is 14.3 Å². The van der Waals surface area contributed by atoms with Crippen molar-refractivity contribution in [3.05, 3.63) is 23.9 Å². The molecule has 1 unspecified atom stereocenters. The number of ketones is 1. The van der Waals surface area contributed by atoms with Crippen molar-refractivity contribution in [1.82, 2.24) is 20.4 Å². The van der Waals surface area contributed by atoms with Crippen LogP contribution in [0.2, 0.25) is 0 Å². The fraction of sp³-hybridized carbons (Fsp3) is 0.667. The van der Waals surface area contributed by atoms with Gasteiger partial charge in [0, 0.05) is 25.3 Å². The third-order valence-corrected chi connectivity index (χ3v) is 5.88. The van der Waals surface area contributed by atoms with Gasteiger partial charge in [-0.25, -0.2) is 4.79 Å². The first-order valence-electron chi connectivity index (χ1n) is 10.8. The van der Waals surface area contributed by atoms with Gasteiger partial charge in [0.15, 0.2) is 11.9 Å². The number of allylic oxidation sites excluding steroid dienone is 2. The number of amides is 2. The molecule has 0 bridgehead atoms. The largest absolute Gasteiger partial charge is 0.455 e. The Labute approximate surface area is 193 Å². The number of fused-ring (bicyclic) bond motifs is 1. The molecule has 190 valence electrons. The van der Waals surface area contributed by atoms with E-state index in [4.69, 9.17) is 0 Å². The van der Waals surface area contributed by atoms with Gasteiger partial charge in [-0.15, -0.1) is 0 Å². The first kappa shape index (κ1) is 25.9. The molecule has 1 heterocycles. The van der Waals surface area contributed by atoms with Crippen LogP contribution in [0.4, 0.5) is 26.7 Å². The van der Waals surface area contributed by atoms with Gasteiger partial charge in [0.25, 0.3) is 5.91 Å². The molecule has 3 atom stereocenters. The van der Waals surface area contributed by atoms with Gasteiger partial charge in [-0.1, -0.05) is 6.08 Å². The number of rotatable bonds is 7. The van der Waals surface area contributed by atoms with E-state index in [0.717, 1.165) is 25.1 Å². The Balaban J connectivity index is 1.58. The molecule has 2 amide bonds. The maximum atomic E-state index is 12.9. The molecule has 34 heavy (non-hydrogen) atoms. The molecule has 0 aromatic carbocycles. The molecular formula is C21H27F5N4O4. The highest BCUT2D eigenvalue weighted by molar-refractivity contribution is 5.98. The zero-order chi connectivity index (χ0) is 25.3. The molecular weight excluding hydrogens is 467 g/mol. The summed E-state index contributed by atoms with van der Waals surface area (Å²) in [6.07, 6.45) is -1.63. The number of ether oxygens (including phenoxy) is 1. The molecule has 2 aliphatic carbocycles. The van der Waals surface area contributed by atoms with Crippen LogP contribution in [0.1, 0.15) is 19.8 Å². The molecule has 1 saturated carbocycles. The molecule has 0 aromatic rings. The van der Waals surface area contributed by atoms with Crippen LogP contribution >= 0.6 is 0 Å². The monoisotopic (exact) mass is 494 g/mol. The number of hydrogen-bond acceptors (Lipinski definition) is 6. The van der Waals surface area contributed by atoms with Crippen LogP contribution in [0.25, 0.3) is 0 Å². The number of alkyl carbamates (subject to hydrolysis) is 1. The summed E-state index contributed by atoms with van der Waals surface area (Å²) in [5.41, 5.74) is 0.841. The van der Waals surface area contributed by atoms with E-state index in [-0.39, 0.29) is 5.78 Å². The molecule has 0 spiro atoms. The van der Waals surface area contributed by atoms with E-state index in [9.17, 15) is 36.3 Å². The maximum Gasteiger partial charge on any atom is 0.455 e. The zero-order valence-electron chi connectivity index (χ0n) is 18.7. The van der Waals surface area contributed by atoms with Crippen LogP contribution in [0.3, 0.4) is 0 Å². The Morgan fingerprint density at radius 3 is 2.50 bits per heavy atom. The Kier molecular flexibility index (Phi) is 7.53. The zero-order valence-corrected chi connectivity index (χ0v) is 18.7. The maximum absolute atomic E-state index is 12.9. The van der Waals surface area contributed by atoms with Gasteiger partial charge >= 0.3 is 18.2 Å². The average Bonchev–Trinajstić information content (AvgIpc) is 3.55. The van der Waals surface area contributed by atoms with Crippen molar-refractivity contribution < 1.29 is 41.1 Å². The van der Waals surface area contributed by atoms with Crippen LogP contribution in [0.15, 0.2) is 23.9 Å². The normalized spacial score (nSPS) is 24.6. The number of nitrogens with one attached hydrogen (secondary N) is 2. The number of alkyl halides is 5. The summed E-state index contributed by atoms with van der Waals surface area (Å²) in [6.45, 7) is 0.601. The molecule has 3 aliphatic rings. The molecule has 3 rings (SSSR count). The Hall–Kier alpha value is -2.70. The standard InChI is InChI=1S/C21H27F5N4O4/c1-12(34-19(33)27-11-20(22,23)21(24,25)26)18(32)28-14-9-29(2)17-15(4-3-5-16(17)31)30(10-14)8-13-6-7-13/h3-5,12-14,17H,6-11H2,1-2H3,(H,27,33)(H,28,32)/t12-,14-,17?/m0/s1. The summed E-state index contributed by atoms with van der Waals surface area (Å²) in [7, 11) is 1.75. The predicted molar refractivity (Wildman–Crippen MR) is 110 cm³/mol. The van der Waals surface area contributed by atoms with Gasteiger partial charge in [-0.05, 0) is 44.9 Å². The highest BCUT2D eigenvalue weighted by atomic mass is 19.4. The van der Waals surface area contributed by atoms with E-state index < -0.39 is 48.8 Å². The fourth-order valence-electron chi connectivity index (χ4n) is 3.91. The summed E-state index contributed by atoms with van der Waals surface area (Å²) in [5, 5.41) is 4.06. The number of nitrogens with zero attached hydrogens (tertiary/aromatic N) is 2. The lowest BCUT2D eigenvalue weighted by atomic mass is 10.0. The quantitative estimate of drug-likeness (QED) is 0.525. The minimum atomic E-state index is -5.83. The van der Waals surface area contributed by atoms with E-state index in [0.29, 0.717) is 19.0 Å². The number of carbonyl (C=O) groups is 3. The molecule has 1 aliphatic heterocycles. The van der Waals surface area contributed by atoms with Gasteiger partial charge in [0.05, 0.1) is 12.6 Å². The average molecular weight is 494 g/mol. The van der Waals surface area contributed by atoms with E-state index in [1.54, 1.807) is 13.1 Å². The van der Waals surface area contributed by atoms with Gasteiger partial charge in [0.1, 0.15) is 6.04 Å². The molecule has 0 aromatic heterocycles. The van der Waals surface area contributed by atoms with E-state index in [2.05, 4.69) is 15.0 Å². The summed E-state index contributed by atoms with van der Waals surface area (Å²) < 4.78 is 67.2. The molecule has 8 nitrogen and oxygen atoms in total. The summed E-state index contributed by atoms with van der Waals surface area (Å²) >= 11 is 0. The first-order valence-corrected chi connectivity index (χ1v) is 10.8. The summed E-state index contributed by atoms with van der Waals surface area (Å²) in [5.74, 6) is -5.45. The molecule has 2 fully saturated rings. The number of hydrogen-bond donors (Lipinski definition) is 2. The highest BCUT2D eigenvalue weighted by Crippen LogP contribution is 2.35. The van der Waals surface area contributed by atoms with Crippen molar-refractivity contribution in [1.29, 1.82) is 0 Å². The molecule has 2 N–H and O–H groups in total. The van der Waals surface area contributed by atoms with E-state index in [1.165, 1.54) is 18.3 Å². The fourth-order valence-corrected chi connectivity index (χ4v) is 3.91. The summed E-state index contributed by atoms with van der Waals surface area (Å²) in [4.78, 5) is 40.6. The van der Waals surface area contributed by atoms with Gasteiger partial charge in [0.2, 0.25) is 0 Å². The van der Waals surface area contributed by atoms with Crippen LogP contribution in [0, 0.1) is 5.92 Å². The second kappa shape index (κ2) is 9.88. The van der Waals surface area contributed by atoms with Crippen molar-refractivity contribution in [2.75, 3.05) is 33.2 Å². The van der Waals surface area contributed by atoms with Gasteiger partial charge < -0.3 is 20.3 Å². The lowest BCUT2D eigenvalue weighted by molar-refractivity contribution is -0.278. The lowest BCUT2D eigenvalue weighted by Crippen LogP contribution is -2.51. The Morgan fingerprint density at radius 1 is 1.21 bits per heavy atom. The number of carbonyl (C=O) groups excluding carboxylic acids is 3. The Bertz CT molecular complexity index is 872. The van der Waals surface area contributed by atoms with Crippen LogP contribution < -0.4 is 10.6 Å². The van der Waals surface area contributed by atoms with Crippen molar-refractivity contribution in [2.24, 2.45) is 5.92 Å². The molecule has 1 saturated heterocycles. The van der Waals surface area contributed by atoms with E-state index in [1.807, 2.05) is 11.0 Å². The van der Waals surface area contributed by atoms with Crippen molar-refractivity contribution >= 4 is 17.8 Å². The SMILES string of the molecule is C[C@H](OC(=O)NCC(F)(F)C(F)(F)F)C(=O)N[C@@H]1CN(CC2CC2)C2=CC=CC(=O)C2N(C)C1. The lowest BCUT2D eigenvalue weighted by Gasteiger charge is -2.33. The van der Waals surface area contributed by atoms with Crippen molar-refractivity contribution in [3.63, 3.8) is 0 Å². The molecule has 0 radical (unpaired) electrons. The third-order valence-electron chi connectivity index (χ3n) is 5.88. The summed E-state index contributed by atoms with van der Waals surface area (Å²) in [6, 6.07) is -0.945. The van der Waals surface area contributed by atoms with Gasteiger partial charge in [-0.3, -0.25) is 14.5 Å². The topological polar surface area (TPSA) is 91.0 Å². The van der Waals surface area contributed by atoms with E-state index >= 15 is 0 Å². The number of likely N-dealkylation sites (N-methyl/N-ethyl adjacent to an activating group) is 1. The van der Waals surface area contributed by atoms with Crippen molar-refractivity contribution in [3.8, 4) is 0 Å². The van der Waals surface area contributed by atoms with Crippen LogP contribution in [0.5, 0.6) is 0 Å². The first-order chi connectivity index (χ1) is 15.8. The molecule has 13 heteroatoms. The smallest absolute Gasteiger partial charge is 0.436 e. The second-order valence-electron chi connectivity index (χ2n) is 8.85. The number of halogens is 5. The van der Waals surface area contributed by atoms with Crippen molar-refractivity contribution in [2.45, 2.75) is 50.1 Å². The predicted octanol–water partition coefficient (Wildman–Crippen LogP) is 1.83. The third kappa shape index (κ3) is 6.24. The highest BCUT2D eigenvalue weighted by Gasteiger charge is 2.57. The minimum Gasteiger partial charge on any atom is -0.436 e.